The molecule has 4 nitrogen and oxygen atoms in total. The second-order valence-corrected chi connectivity index (χ2v) is 4.71. The lowest BCUT2D eigenvalue weighted by Crippen LogP contribution is -2.27. The molecule has 0 atom stereocenters. The molecule has 0 saturated heterocycles. The summed E-state index contributed by atoms with van der Waals surface area (Å²) >= 11 is 0. The van der Waals surface area contributed by atoms with E-state index in [0.717, 1.165) is 5.56 Å². The Morgan fingerprint density at radius 2 is 1.94 bits per heavy atom. The molecule has 0 aliphatic rings. The maximum Gasteiger partial charge on any atom is 0.412 e. The molecule has 96 valence electrons. The average molecular weight is 247 g/mol. The Morgan fingerprint density at radius 3 is 2.56 bits per heavy atom. The summed E-state index contributed by atoms with van der Waals surface area (Å²) in [5, 5.41) is 2.65. The van der Waals surface area contributed by atoms with Crippen LogP contribution in [0.3, 0.4) is 0 Å². The summed E-state index contributed by atoms with van der Waals surface area (Å²) in [5.74, 6) is 0. The fourth-order valence-electron chi connectivity index (χ4n) is 1.31. The van der Waals surface area contributed by atoms with Gasteiger partial charge in [0.2, 0.25) is 0 Å². The summed E-state index contributed by atoms with van der Waals surface area (Å²) in [6.07, 6.45) is 3.16. The maximum absolute atomic E-state index is 11.6. The fourth-order valence-corrected chi connectivity index (χ4v) is 1.31. The molecule has 1 rings (SSSR count). The van der Waals surface area contributed by atoms with Crippen LogP contribution in [0, 0.1) is 0 Å². The smallest absolute Gasteiger partial charge is 0.412 e. The highest BCUT2D eigenvalue weighted by Crippen LogP contribution is 2.18. The molecular formula is C14H17NO3. The lowest BCUT2D eigenvalue weighted by Gasteiger charge is -2.20. The molecule has 0 spiro atoms. The van der Waals surface area contributed by atoms with Gasteiger partial charge in [-0.05, 0) is 44.6 Å². The van der Waals surface area contributed by atoms with E-state index in [9.17, 15) is 9.59 Å². The van der Waals surface area contributed by atoms with Crippen molar-refractivity contribution in [1.82, 2.24) is 0 Å². The van der Waals surface area contributed by atoms with E-state index in [2.05, 4.69) is 5.32 Å². The van der Waals surface area contributed by atoms with Gasteiger partial charge in [0.1, 0.15) is 11.9 Å². The van der Waals surface area contributed by atoms with Crippen molar-refractivity contribution in [2.75, 3.05) is 5.32 Å². The van der Waals surface area contributed by atoms with E-state index in [1.54, 1.807) is 45.0 Å². The number of amides is 1. The van der Waals surface area contributed by atoms with E-state index in [1.807, 2.05) is 6.07 Å². The summed E-state index contributed by atoms with van der Waals surface area (Å²) in [7, 11) is 0. The van der Waals surface area contributed by atoms with Gasteiger partial charge in [0.05, 0.1) is 5.69 Å². The molecule has 0 aliphatic carbocycles. The largest absolute Gasteiger partial charge is 0.444 e. The van der Waals surface area contributed by atoms with E-state index >= 15 is 0 Å². The molecule has 1 amide bonds. The summed E-state index contributed by atoms with van der Waals surface area (Å²) in [6, 6.07) is 7.16. The number of hydrogen-bond donors (Lipinski definition) is 1. The number of ether oxygens (including phenoxy) is 1. The van der Waals surface area contributed by atoms with Gasteiger partial charge in [0.25, 0.3) is 0 Å². The number of nitrogens with one attached hydrogen (secondary N) is 1. The third-order valence-corrected chi connectivity index (χ3v) is 1.95. The molecule has 0 saturated carbocycles. The normalized spacial score (nSPS) is 11.3. The number of carbonyl (C=O) groups is 2. The van der Waals surface area contributed by atoms with Gasteiger partial charge in [-0.15, -0.1) is 0 Å². The molecule has 0 radical (unpaired) electrons. The number of rotatable bonds is 3. The van der Waals surface area contributed by atoms with Crippen LogP contribution in [-0.4, -0.2) is 18.0 Å². The highest BCUT2D eigenvalue weighted by molar-refractivity contribution is 5.89. The van der Waals surface area contributed by atoms with Gasteiger partial charge in [-0.2, -0.15) is 0 Å². The van der Waals surface area contributed by atoms with E-state index < -0.39 is 11.7 Å². The van der Waals surface area contributed by atoms with E-state index in [-0.39, 0.29) is 0 Å². The first-order chi connectivity index (χ1) is 8.42. The van der Waals surface area contributed by atoms with Gasteiger partial charge in [-0.25, -0.2) is 4.79 Å². The highest BCUT2D eigenvalue weighted by atomic mass is 16.6. The Bertz CT molecular complexity index is 458. The molecule has 18 heavy (non-hydrogen) atoms. The third-order valence-electron chi connectivity index (χ3n) is 1.95. The Balaban J connectivity index is 2.81. The Labute approximate surface area is 107 Å². The van der Waals surface area contributed by atoms with Crippen LogP contribution in [0.5, 0.6) is 0 Å². The van der Waals surface area contributed by atoms with Crippen molar-refractivity contribution in [2.45, 2.75) is 26.4 Å². The Morgan fingerprint density at radius 1 is 1.28 bits per heavy atom. The van der Waals surface area contributed by atoms with Gasteiger partial charge in [0, 0.05) is 0 Å². The fraction of sp³-hybridized carbons (Fsp3) is 0.286. The van der Waals surface area contributed by atoms with Gasteiger partial charge < -0.3 is 4.74 Å². The first-order valence-electron chi connectivity index (χ1n) is 5.63. The third kappa shape index (κ3) is 4.82. The number of aldehydes is 1. The zero-order chi connectivity index (χ0) is 13.6. The van der Waals surface area contributed by atoms with Crippen LogP contribution in [0.15, 0.2) is 30.3 Å². The van der Waals surface area contributed by atoms with Crippen molar-refractivity contribution < 1.29 is 14.3 Å². The number of para-hydroxylation sites is 1. The first kappa shape index (κ1) is 14.0. The molecule has 4 heteroatoms. The molecular weight excluding hydrogens is 230 g/mol. The minimum absolute atomic E-state index is 0.519. The van der Waals surface area contributed by atoms with Crippen molar-refractivity contribution >= 4 is 24.1 Å². The molecule has 1 aromatic carbocycles. The zero-order valence-corrected chi connectivity index (χ0v) is 10.8. The molecule has 0 aromatic heterocycles. The van der Waals surface area contributed by atoms with Crippen molar-refractivity contribution in [1.29, 1.82) is 0 Å². The molecule has 0 aliphatic heterocycles. The van der Waals surface area contributed by atoms with E-state index in [0.29, 0.717) is 12.0 Å². The SMILES string of the molecule is CC(C)(C)OC(=O)Nc1ccccc1/C=C/C=O. The van der Waals surface area contributed by atoms with Gasteiger partial charge in [0.15, 0.2) is 0 Å². The molecule has 0 unspecified atom stereocenters. The highest BCUT2D eigenvalue weighted by Gasteiger charge is 2.16. The average Bonchev–Trinajstić information content (AvgIpc) is 2.25. The second kappa shape index (κ2) is 6.00. The van der Waals surface area contributed by atoms with Gasteiger partial charge in [-0.1, -0.05) is 18.2 Å². The van der Waals surface area contributed by atoms with Crippen LogP contribution in [-0.2, 0) is 9.53 Å². The van der Waals surface area contributed by atoms with Crippen molar-refractivity contribution in [3.8, 4) is 0 Å². The van der Waals surface area contributed by atoms with Crippen LogP contribution in [0.2, 0.25) is 0 Å². The number of carbonyl (C=O) groups excluding carboxylic acids is 2. The molecule has 1 aromatic rings. The van der Waals surface area contributed by atoms with Crippen LogP contribution in [0.4, 0.5) is 10.5 Å². The monoisotopic (exact) mass is 247 g/mol. The lowest BCUT2D eigenvalue weighted by molar-refractivity contribution is -0.104. The topological polar surface area (TPSA) is 55.4 Å². The Kier molecular flexibility index (Phi) is 4.66. The number of benzene rings is 1. The van der Waals surface area contributed by atoms with Crippen LogP contribution < -0.4 is 5.32 Å². The van der Waals surface area contributed by atoms with Crippen LogP contribution >= 0.6 is 0 Å². The number of anilines is 1. The molecule has 0 heterocycles. The first-order valence-corrected chi connectivity index (χ1v) is 5.63. The quantitative estimate of drug-likeness (QED) is 0.659. The summed E-state index contributed by atoms with van der Waals surface area (Å²) in [4.78, 5) is 21.9. The van der Waals surface area contributed by atoms with Crippen LogP contribution in [0.25, 0.3) is 6.08 Å². The lowest BCUT2D eigenvalue weighted by atomic mass is 10.1. The Hall–Kier alpha value is -2.10. The molecule has 0 fully saturated rings. The number of hydrogen-bond acceptors (Lipinski definition) is 3. The predicted octanol–water partition coefficient (Wildman–Crippen LogP) is 3.25. The van der Waals surface area contributed by atoms with Crippen molar-refractivity contribution in [3.63, 3.8) is 0 Å². The maximum atomic E-state index is 11.6. The molecule has 0 bridgehead atoms. The standard InChI is InChI=1S/C14H17NO3/c1-14(2,3)18-13(17)15-12-9-5-4-7-11(12)8-6-10-16/h4-10H,1-3H3,(H,15,17)/b8-6+. The summed E-state index contributed by atoms with van der Waals surface area (Å²) in [6.45, 7) is 5.39. The zero-order valence-electron chi connectivity index (χ0n) is 10.8. The summed E-state index contributed by atoms with van der Waals surface area (Å²) in [5.41, 5.74) is 0.804. The minimum atomic E-state index is -0.544. The van der Waals surface area contributed by atoms with E-state index in [4.69, 9.17) is 4.74 Å². The summed E-state index contributed by atoms with van der Waals surface area (Å²) < 4.78 is 5.16. The second-order valence-electron chi connectivity index (χ2n) is 4.71. The predicted molar refractivity (Wildman–Crippen MR) is 71.4 cm³/mol. The number of allylic oxidation sites excluding steroid dienone is 1. The van der Waals surface area contributed by atoms with Gasteiger partial charge >= 0.3 is 6.09 Å². The van der Waals surface area contributed by atoms with Crippen LogP contribution in [0.1, 0.15) is 26.3 Å². The molecule has 1 N–H and O–H groups in total. The minimum Gasteiger partial charge on any atom is -0.444 e. The van der Waals surface area contributed by atoms with Crippen molar-refractivity contribution in [2.24, 2.45) is 0 Å². The van der Waals surface area contributed by atoms with Crippen molar-refractivity contribution in [3.05, 3.63) is 35.9 Å². The van der Waals surface area contributed by atoms with Gasteiger partial charge in [-0.3, -0.25) is 10.1 Å². The van der Waals surface area contributed by atoms with E-state index in [1.165, 1.54) is 6.08 Å².